The van der Waals surface area contributed by atoms with Crippen LogP contribution in [0.3, 0.4) is 0 Å². The largest absolute Gasteiger partial charge is 0.335 e. The Morgan fingerprint density at radius 3 is 2.18 bits per heavy atom. The van der Waals surface area contributed by atoms with E-state index in [4.69, 9.17) is 23.2 Å². The van der Waals surface area contributed by atoms with Crippen LogP contribution >= 0.6 is 23.2 Å². The summed E-state index contributed by atoms with van der Waals surface area (Å²) < 4.78 is 0. The normalized spacial score (nSPS) is 17.0. The average molecular weight is 419 g/mol. The van der Waals surface area contributed by atoms with Crippen LogP contribution in [-0.2, 0) is 9.59 Å². The van der Waals surface area contributed by atoms with Gasteiger partial charge in [0.05, 0.1) is 5.69 Å². The van der Waals surface area contributed by atoms with E-state index < -0.39 is 29.7 Å². The molecule has 3 rings (SSSR count). The Morgan fingerprint density at radius 2 is 1.57 bits per heavy atom. The number of urea groups is 1. The van der Waals surface area contributed by atoms with E-state index in [1.165, 1.54) is 48.5 Å². The number of nitrogens with zero attached hydrogens (tertiary/aromatic N) is 2. The second-order valence-electron chi connectivity index (χ2n) is 5.65. The van der Waals surface area contributed by atoms with Crippen molar-refractivity contribution < 1.29 is 19.2 Å². The number of halogens is 2. The molecule has 0 saturated carbocycles. The van der Waals surface area contributed by atoms with E-state index in [9.17, 15) is 19.2 Å². The second kappa shape index (κ2) is 8.20. The first-order valence-corrected chi connectivity index (χ1v) is 8.66. The number of benzene rings is 2. The molecule has 1 aliphatic heterocycles. The molecule has 0 radical (unpaired) electrons. The first kappa shape index (κ1) is 19.5. The van der Waals surface area contributed by atoms with Crippen molar-refractivity contribution in [3.05, 3.63) is 64.1 Å². The van der Waals surface area contributed by atoms with Crippen molar-refractivity contribution >= 4 is 58.9 Å². The quantitative estimate of drug-likeness (QED) is 0.451. The highest BCUT2D eigenvalue weighted by Crippen LogP contribution is 2.22. The summed E-state index contributed by atoms with van der Waals surface area (Å²) in [5.74, 6) is -3.59. The Kier molecular flexibility index (Phi) is 5.72. The molecule has 1 fully saturated rings. The van der Waals surface area contributed by atoms with Crippen LogP contribution in [-0.4, -0.2) is 30.0 Å². The predicted molar refractivity (Wildman–Crippen MR) is 103 cm³/mol. The summed E-state index contributed by atoms with van der Waals surface area (Å²) in [6.07, 6.45) is 0.959. The molecule has 0 unspecified atom stereocenters. The summed E-state index contributed by atoms with van der Waals surface area (Å²) in [7, 11) is 0. The molecular weight excluding hydrogens is 407 g/mol. The van der Waals surface area contributed by atoms with E-state index in [-0.39, 0.29) is 5.69 Å². The maximum Gasteiger partial charge on any atom is 0.335 e. The minimum absolute atomic E-state index is 0.239. The van der Waals surface area contributed by atoms with Gasteiger partial charge < -0.3 is 0 Å². The summed E-state index contributed by atoms with van der Waals surface area (Å²) in [4.78, 5) is 49.5. The fourth-order valence-electron chi connectivity index (χ4n) is 2.39. The second-order valence-corrected chi connectivity index (χ2v) is 6.52. The van der Waals surface area contributed by atoms with Gasteiger partial charge in [0, 0.05) is 21.8 Å². The van der Waals surface area contributed by atoms with Crippen LogP contribution < -0.4 is 15.6 Å². The van der Waals surface area contributed by atoms with Gasteiger partial charge in [0.1, 0.15) is 0 Å². The number of rotatable bonds is 4. The zero-order chi connectivity index (χ0) is 20.3. The van der Waals surface area contributed by atoms with E-state index in [1.807, 2.05) is 0 Å². The molecule has 8 nitrogen and oxygen atoms in total. The molecule has 0 spiro atoms. The zero-order valence-corrected chi connectivity index (χ0v) is 15.6. The van der Waals surface area contributed by atoms with E-state index in [0.29, 0.717) is 15.6 Å². The number of hydrogen-bond acceptors (Lipinski definition) is 5. The summed E-state index contributed by atoms with van der Waals surface area (Å²) in [6, 6.07) is 11.1. The van der Waals surface area contributed by atoms with Crippen LogP contribution in [0.1, 0.15) is 10.4 Å². The molecule has 2 aromatic rings. The van der Waals surface area contributed by atoms with Gasteiger partial charge in [-0.05, 0) is 48.5 Å². The third-order valence-corrected chi connectivity index (χ3v) is 4.29. The molecular formula is C18H12Cl2N4O4. The van der Waals surface area contributed by atoms with Gasteiger partial charge in [0.2, 0.25) is 5.91 Å². The Balaban J connectivity index is 1.74. The smallest absolute Gasteiger partial charge is 0.276 e. The number of nitrogens with one attached hydrogen (secondary N) is 2. The molecule has 1 aliphatic rings. The lowest BCUT2D eigenvalue weighted by atomic mass is 10.1. The Bertz CT molecular complexity index is 974. The average Bonchev–Trinajstić information content (AvgIpc) is 2.66. The van der Waals surface area contributed by atoms with Crippen LogP contribution in [0.2, 0.25) is 10.0 Å². The van der Waals surface area contributed by atoms with E-state index >= 15 is 0 Å². The Morgan fingerprint density at radius 1 is 1.00 bits per heavy atom. The third kappa shape index (κ3) is 4.19. The molecule has 2 aromatic carbocycles. The fraction of sp³-hybridized carbons (Fsp3) is 0.0556. The molecule has 1 saturated heterocycles. The third-order valence-electron chi connectivity index (χ3n) is 3.78. The van der Waals surface area contributed by atoms with E-state index in [1.54, 1.807) is 0 Å². The van der Waals surface area contributed by atoms with Crippen molar-refractivity contribution in [1.82, 2.24) is 10.7 Å². The lowest BCUT2D eigenvalue weighted by Crippen LogP contribution is -2.58. The van der Waals surface area contributed by atoms with Gasteiger partial charge >= 0.3 is 6.03 Å². The van der Waals surface area contributed by atoms with Gasteiger partial charge in [0.25, 0.3) is 11.8 Å². The molecule has 5 amide bonds. The summed E-state index contributed by atoms with van der Waals surface area (Å²) >= 11 is 11.6. The first-order valence-electron chi connectivity index (χ1n) is 7.90. The van der Waals surface area contributed by atoms with Crippen LogP contribution in [0.4, 0.5) is 10.5 Å². The monoisotopic (exact) mass is 418 g/mol. The summed E-state index contributed by atoms with van der Waals surface area (Å²) in [5, 5.41) is 6.63. The minimum atomic E-state index is -1.39. The number of hydrazone groups is 1. The molecule has 0 aromatic heterocycles. The standard InChI is InChI=1S/C18H12Cl2N4O4/c19-11-3-1-10(2-4-11)15(25)23-21-9-14-16(26)22-18(28)24(17(14)27)13-7-5-12(20)6-8-13/h1-9,14H,(H,23,25)(H,22,26,28)/b21-9-/t14-/m1/s1. The molecule has 0 aliphatic carbocycles. The van der Waals surface area contributed by atoms with E-state index in [0.717, 1.165) is 11.1 Å². The lowest BCUT2D eigenvalue weighted by Gasteiger charge is -2.28. The topological polar surface area (TPSA) is 108 Å². The number of anilines is 1. The van der Waals surface area contributed by atoms with Crippen LogP contribution in [0, 0.1) is 5.92 Å². The Hall–Kier alpha value is -3.23. The van der Waals surface area contributed by atoms with Gasteiger partial charge in [-0.15, -0.1) is 0 Å². The molecule has 1 atom stereocenters. The molecule has 10 heteroatoms. The number of barbiturate groups is 1. The van der Waals surface area contributed by atoms with Crippen LogP contribution in [0.5, 0.6) is 0 Å². The van der Waals surface area contributed by atoms with E-state index in [2.05, 4.69) is 15.8 Å². The van der Waals surface area contributed by atoms with Gasteiger partial charge in [-0.2, -0.15) is 5.10 Å². The fourth-order valence-corrected chi connectivity index (χ4v) is 2.64. The number of imide groups is 2. The minimum Gasteiger partial charge on any atom is -0.276 e. The molecule has 2 N–H and O–H groups in total. The van der Waals surface area contributed by atoms with Gasteiger partial charge in [-0.1, -0.05) is 23.2 Å². The van der Waals surface area contributed by atoms with Gasteiger partial charge in [0.15, 0.2) is 5.92 Å². The van der Waals surface area contributed by atoms with Crippen molar-refractivity contribution in [3.8, 4) is 0 Å². The van der Waals surface area contributed by atoms with Gasteiger partial charge in [-0.25, -0.2) is 15.1 Å². The number of carbonyl (C=O) groups is 4. The van der Waals surface area contributed by atoms with Crippen molar-refractivity contribution in [2.45, 2.75) is 0 Å². The first-order chi connectivity index (χ1) is 13.4. The maximum atomic E-state index is 12.6. The SMILES string of the molecule is O=C(N/N=C\[C@@H]1C(=O)NC(=O)N(c2ccc(Cl)cc2)C1=O)c1ccc(Cl)cc1. The van der Waals surface area contributed by atoms with Crippen molar-refractivity contribution in [1.29, 1.82) is 0 Å². The predicted octanol–water partition coefficient (Wildman–Crippen LogP) is 2.61. The molecule has 1 heterocycles. The highest BCUT2D eigenvalue weighted by atomic mass is 35.5. The number of carbonyl (C=O) groups excluding carboxylic acids is 4. The highest BCUT2D eigenvalue weighted by Gasteiger charge is 2.40. The Labute approximate surface area is 169 Å². The van der Waals surface area contributed by atoms with Crippen molar-refractivity contribution in [2.75, 3.05) is 4.90 Å². The summed E-state index contributed by atoms with van der Waals surface area (Å²) in [5.41, 5.74) is 2.74. The lowest BCUT2D eigenvalue weighted by molar-refractivity contribution is -0.131. The molecule has 28 heavy (non-hydrogen) atoms. The maximum absolute atomic E-state index is 12.6. The summed E-state index contributed by atoms with van der Waals surface area (Å²) in [6.45, 7) is 0. The zero-order valence-electron chi connectivity index (χ0n) is 14.1. The molecule has 142 valence electrons. The van der Waals surface area contributed by atoms with Crippen molar-refractivity contribution in [2.24, 2.45) is 11.0 Å². The van der Waals surface area contributed by atoms with Crippen molar-refractivity contribution in [3.63, 3.8) is 0 Å². The molecule has 0 bridgehead atoms. The van der Waals surface area contributed by atoms with Crippen LogP contribution in [0.15, 0.2) is 53.6 Å². The van der Waals surface area contributed by atoms with Crippen LogP contribution in [0.25, 0.3) is 0 Å². The van der Waals surface area contributed by atoms with Gasteiger partial charge in [-0.3, -0.25) is 19.7 Å². The highest BCUT2D eigenvalue weighted by molar-refractivity contribution is 6.33. The number of hydrogen-bond donors (Lipinski definition) is 2. The number of amides is 5.